The van der Waals surface area contributed by atoms with Gasteiger partial charge in [0.05, 0.1) is 18.4 Å². The second-order valence-electron chi connectivity index (χ2n) is 4.03. The van der Waals surface area contributed by atoms with E-state index in [0.717, 1.165) is 18.7 Å². The molecule has 0 radical (unpaired) electrons. The molecule has 1 aromatic heterocycles. The zero-order valence-corrected chi connectivity index (χ0v) is 8.87. The Hall–Kier alpha value is -0.910. The van der Waals surface area contributed by atoms with Crippen molar-refractivity contribution in [1.29, 1.82) is 0 Å². The number of likely N-dealkylation sites (tertiary alicyclic amines) is 1. The second-order valence-corrected chi connectivity index (χ2v) is 4.03. The van der Waals surface area contributed by atoms with Crippen LogP contribution in [0.15, 0.2) is 12.4 Å². The summed E-state index contributed by atoms with van der Waals surface area (Å²) in [7, 11) is 0. The van der Waals surface area contributed by atoms with Gasteiger partial charge in [0.2, 0.25) is 0 Å². The first-order valence-electron chi connectivity index (χ1n) is 5.29. The molecule has 2 N–H and O–H groups in total. The monoisotopic (exact) mass is 211 g/mol. The zero-order chi connectivity index (χ0) is 10.8. The van der Waals surface area contributed by atoms with E-state index in [-0.39, 0.29) is 0 Å². The summed E-state index contributed by atoms with van der Waals surface area (Å²) >= 11 is 0. The van der Waals surface area contributed by atoms with Crippen molar-refractivity contribution >= 4 is 0 Å². The van der Waals surface area contributed by atoms with Crippen molar-refractivity contribution in [3.05, 3.63) is 18.0 Å². The minimum atomic E-state index is -0.605. The highest BCUT2D eigenvalue weighted by molar-refractivity contribution is 5.04. The van der Waals surface area contributed by atoms with Crippen molar-refractivity contribution in [1.82, 2.24) is 14.7 Å². The third kappa shape index (κ3) is 2.37. The lowest BCUT2D eigenvalue weighted by Gasteiger charge is -2.12. The molecular formula is C10H17N3O2. The maximum Gasteiger partial charge on any atom is 0.0938 e. The number of rotatable bonds is 3. The van der Waals surface area contributed by atoms with Crippen LogP contribution in [0.2, 0.25) is 0 Å². The van der Waals surface area contributed by atoms with Crippen LogP contribution in [0.4, 0.5) is 0 Å². The maximum atomic E-state index is 9.39. The van der Waals surface area contributed by atoms with Gasteiger partial charge in [0.1, 0.15) is 0 Å². The van der Waals surface area contributed by atoms with E-state index in [1.54, 1.807) is 0 Å². The van der Waals surface area contributed by atoms with Gasteiger partial charge in [-0.15, -0.1) is 0 Å². The molecule has 0 unspecified atom stereocenters. The van der Waals surface area contributed by atoms with Gasteiger partial charge in [-0.2, -0.15) is 5.10 Å². The van der Waals surface area contributed by atoms with E-state index >= 15 is 0 Å². The Kier molecular flexibility index (Phi) is 3.04. The summed E-state index contributed by atoms with van der Waals surface area (Å²) < 4.78 is 1.87. The third-order valence-corrected chi connectivity index (χ3v) is 2.75. The first kappa shape index (κ1) is 10.6. The molecule has 15 heavy (non-hydrogen) atoms. The summed E-state index contributed by atoms with van der Waals surface area (Å²) in [6.45, 7) is 4.73. The lowest BCUT2D eigenvalue weighted by atomic mass is 10.3. The Morgan fingerprint density at radius 3 is 2.60 bits per heavy atom. The van der Waals surface area contributed by atoms with E-state index in [1.807, 2.05) is 28.9 Å². The number of nitrogens with zero attached hydrogens (tertiary/aromatic N) is 3. The Morgan fingerprint density at radius 1 is 1.40 bits per heavy atom. The molecule has 0 saturated carbocycles. The number of aliphatic hydroxyl groups excluding tert-OH is 2. The van der Waals surface area contributed by atoms with Crippen LogP contribution >= 0.6 is 0 Å². The summed E-state index contributed by atoms with van der Waals surface area (Å²) in [5.41, 5.74) is 1.12. The third-order valence-electron chi connectivity index (χ3n) is 2.75. The van der Waals surface area contributed by atoms with Crippen LogP contribution in [-0.4, -0.2) is 50.2 Å². The SMILES string of the molecule is CCn1cc(CN2C[C@@H](O)[C@@H](O)C2)cn1. The van der Waals surface area contributed by atoms with Crippen molar-refractivity contribution in [3.8, 4) is 0 Å². The smallest absolute Gasteiger partial charge is 0.0938 e. The predicted molar refractivity (Wildman–Crippen MR) is 55.2 cm³/mol. The van der Waals surface area contributed by atoms with Gasteiger partial charge in [-0.1, -0.05) is 0 Å². The van der Waals surface area contributed by atoms with Crippen molar-refractivity contribution in [3.63, 3.8) is 0 Å². The molecule has 1 fully saturated rings. The van der Waals surface area contributed by atoms with Crippen LogP contribution in [0.1, 0.15) is 12.5 Å². The van der Waals surface area contributed by atoms with Crippen molar-refractivity contribution in [2.45, 2.75) is 32.2 Å². The topological polar surface area (TPSA) is 61.5 Å². The lowest BCUT2D eigenvalue weighted by molar-refractivity contribution is 0.0572. The van der Waals surface area contributed by atoms with Crippen molar-refractivity contribution in [2.75, 3.05) is 13.1 Å². The number of aliphatic hydroxyl groups is 2. The highest BCUT2D eigenvalue weighted by atomic mass is 16.3. The fourth-order valence-electron chi connectivity index (χ4n) is 1.90. The van der Waals surface area contributed by atoms with E-state index < -0.39 is 12.2 Å². The quantitative estimate of drug-likeness (QED) is 0.703. The van der Waals surface area contributed by atoms with E-state index in [1.165, 1.54) is 0 Å². The van der Waals surface area contributed by atoms with Gasteiger partial charge >= 0.3 is 0 Å². The van der Waals surface area contributed by atoms with Crippen LogP contribution in [0, 0.1) is 0 Å². The number of β-amino-alcohol motifs (C(OH)–C–C–N with tert-alkyl or cyclic N) is 2. The molecule has 5 heteroatoms. The second kappa shape index (κ2) is 4.30. The first-order chi connectivity index (χ1) is 7.19. The van der Waals surface area contributed by atoms with E-state index in [4.69, 9.17) is 0 Å². The van der Waals surface area contributed by atoms with Crippen LogP contribution in [0.3, 0.4) is 0 Å². The predicted octanol–water partition coefficient (Wildman–Crippen LogP) is -0.560. The summed E-state index contributed by atoms with van der Waals surface area (Å²) in [6, 6.07) is 0. The normalized spacial score (nSPS) is 27.4. The number of aromatic nitrogens is 2. The summed E-state index contributed by atoms with van der Waals surface area (Å²) in [5, 5.41) is 22.9. The molecule has 0 amide bonds. The average Bonchev–Trinajstić information content (AvgIpc) is 2.76. The Balaban J connectivity index is 1.92. The van der Waals surface area contributed by atoms with Gasteiger partial charge in [-0.3, -0.25) is 9.58 Å². The van der Waals surface area contributed by atoms with Crippen LogP contribution in [0.25, 0.3) is 0 Å². The van der Waals surface area contributed by atoms with Crippen LogP contribution in [-0.2, 0) is 13.1 Å². The molecule has 1 saturated heterocycles. The van der Waals surface area contributed by atoms with Gasteiger partial charge in [0.15, 0.2) is 0 Å². The largest absolute Gasteiger partial charge is 0.389 e. The Morgan fingerprint density at radius 2 is 2.07 bits per heavy atom. The van der Waals surface area contributed by atoms with Crippen LogP contribution in [0.5, 0.6) is 0 Å². The molecule has 0 aliphatic carbocycles. The van der Waals surface area contributed by atoms with Crippen molar-refractivity contribution < 1.29 is 10.2 Å². The molecule has 2 rings (SSSR count). The fourth-order valence-corrected chi connectivity index (χ4v) is 1.90. The molecular weight excluding hydrogens is 194 g/mol. The molecule has 1 aliphatic rings. The molecule has 0 bridgehead atoms. The summed E-state index contributed by atoms with van der Waals surface area (Å²) in [4.78, 5) is 2.03. The molecule has 1 aromatic rings. The average molecular weight is 211 g/mol. The van der Waals surface area contributed by atoms with E-state index in [9.17, 15) is 10.2 Å². The molecule has 2 atom stereocenters. The minimum Gasteiger partial charge on any atom is -0.389 e. The molecule has 84 valence electrons. The van der Waals surface area contributed by atoms with E-state index in [0.29, 0.717) is 13.1 Å². The highest BCUT2D eigenvalue weighted by Gasteiger charge is 2.29. The molecule has 1 aliphatic heterocycles. The van der Waals surface area contributed by atoms with Gasteiger partial charge in [0, 0.05) is 37.9 Å². The minimum absolute atomic E-state index is 0.540. The van der Waals surface area contributed by atoms with Gasteiger partial charge < -0.3 is 10.2 Å². The Labute approximate surface area is 88.9 Å². The number of hydrogen-bond acceptors (Lipinski definition) is 4. The van der Waals surface area contributed by atoms with Crippen LogP contribution < -0.4 is 0 Å². The maximum absolute atomic E-state index is 9.39. The Bertz CT molecular complexity index is 316. The molecule has 0 aromatic carbocycles. The standard InChI is InChI=1S/C10H17N3O2/c1-2-13-5-8(3-11-13)4-12-6-9(14)10(15)7-12/h3,5,9-10,14-15H,2,4,6-7H2,1H3/t9-,10+. The summed E-state index contributed by atoms with van der Waals surface area (Å²) in [5.74, 6) is 0. The number of aryl methyl sites for hydroxylation is 1. The van der Waals surface area contributed by atoms with Gasteiger partial charge in [-0.05, 0) is 6.92 Å². The molecule has 0 spiro atoms. The number of hydrogen-bond donors (Lipinski definition) is 2. The zero-order valence-electron chi connectivity index (χ0n) is 8.87. The first-order valence-corrected chi connectivity index (χ1v) is 5.29. The highest BCUT2D eigenvalue weighted by Crippen LogP contribution is 2.13. The van der Waals surface area contributed by atoms with Gasteiger partial charge in [-0.25, -0.2) is 0 Å². The lowest BCUT2D eigenvalue weighted by Crippen LogP contribution is -2.22. The fraction of sp³-hybridized carbons (Fsp3) is 0.700. The summed E-state index contributed by atoms with van der Waals surface area (Å²) in [6.07, 6.45) is 2.62. The van der Waals surface area contributed by atoms with Gasteiger partial charge in [0.25, 0.3) is 0 Å². The van der Waals surface area contributed by atoms with E-state index in [2.05, 4.69) is 5.10 Å². The molecule has 5 nitrogen and oxygen atoms in total. The van der Waals surface area contributed by atoms with Crippen molar-refractivity contribution in [2.24, 2.45) is 0 Å². The molecule has 2 heterocycles.